The third-order valence-electron chi connectivity index (χ3n) is 3.99. The van der Waals surface area contributed by atoms with Crippen LogP contribution in [0.2, 0.25) is 5.02 Å². The van der Waals surface area contributed by atoms with E-state index in [1.54, 1.807) is 6.33 Å². The van der Waals surface area contributed by atoms with Crippen molar-refractivity contribution in [3.05, 3.63) is 47.0 Å². The Bertz CT molecular complexity index is 589. The van der Waals surface area contributed by atoms with Gasteiger partial charge in [0.1, 0.15) is 12.2 Å². The fraction of sp³-hybridized carbons (Fsp3) is 0.467. The first kappa shape index (κ1) is 13.6. The van der Waals surface area contributed by atoms with E-state index in [9.17, 15) is 0 Å². The maximum Gasteiger partial charge on any atom is 0.138 e. The molecule has 0 aliphatic carbocycles. The normalized spacial score (nSPS) is 16.9. The molecule has 3 rings (SSSR count). The quantitative estimate of drug-likeness (QED) is 0.920. The van der Waals surface area contributed by atoms with Crippen LogP contribution >= 0.6 is 11.6 Å². The molecule has 5 heteroatoms. The van der Waals surface area contributed by atoms with Crippen LogP contribution in [0.1, 0.15) is 24.7 Å². The van der Waals surface area contributed by atoms with Gasteiger partial charge >= 0.3 is 0 Å². The van der Waals surface area contributed by atoms with Crippen molar-refractivity contribution >= 4 is 11.6 Å². The minimum atomic E-state index is 0.101. The van der Waals surface area contributed by atoms with E-state index in [2.05, 4.69) is 34.5 Å². The lowest BCUT2D eigenvalue weighted by atomic mass is 9.72. The number of rotatable bonds is 5. The van der Waals surface area contributed by atoms with Crippen LogP contribution in [0, 0.1) is 0 Å². The van der Waals surface area contributed by atoms with Gasteiger partial charge in [-0.25, -0.2) is 4.98 Å². The molecule has 0 saturated carbocycles. The summed E-state index contributed by atoms with van der Waals surface area (Å²) in [5, 5.41) is 8.50. The molecule has 0 radical (unpaired) electrons. The third-order valence-corrected chi connectivity index (χ3v) is 4.23. The first-order chi connectivity index (χ1) is 9.73. The molecule has 1 aliphatic rings. The molecule has 0 atom stereocenters. The molecule has 0 unspecified atom stereocenters. The highest BCUT2D eigenvalue weighted by molar-refractivity contribution is 6.30. The molecular weight excluding hydrogens is 272 g/mol. The van der Waals surface area contributed by atoms with E-state index in [1.807, 2.05) is 16.8 Å². The monoisotopic (exact) mass is 290 g/mol. The van der Waals surface area contributed by atoms with Crippen molar-refractivity contribution in [2.24, 2.45) is 0 Å². The largest absolute Gasteiger partial charge is 0.315 e. The SMILES string of the molecule is CCCn1ncnc1CC1(c2cccc(Cl)c2)CNC1. The summed E-state index contributed by atoms with van der Waals surface area (Å²) < 4.78 is 2.02. The fourth-order valence-electron chi connectivity index (χ4n) is 2.80. The van der Waals surface area contributed by atoms with Crippen LogP contribution in [0.5, 0.6) is 0 Å². The van der Waals surface area contributed by atoms with E-state index in [4.69, 9.17) is 11.6 Å². The van der Waals surface area contributed by atoms with Crippen LogP contribution in [0.4, 0.5) is 0 Å². The summed E-state index contributed by atoms with van der Waals surface area (Å²) >= 11 is 6.14. The Morgan fingerprint density at radius 2 is 2.25 bits per heavy atom. The molecule has 1 aromatic heterocycles. The van der Waals surface area contributed by atoms with Crippen molar-refractivity contribution in [2.75, 3.05) is 13.1 Å². The van der Waals surface area contributed by atoms with Crippen LogP contribution < -0.4 is 5.32 Å². The minimum Gasteiger partial charge on any atom is -0.315 e. The van der Waals surface area contributed by atoms with Crippen molar-refractivity contribution in [1.29, 1.82) is 0 Å². The van der Waals surface area contributed by atoms with Gasteiger partial charge in [-0.15, -0.1) is 0 Å². The Labute approximate surface area is 124 Å². The number of aromatic nitrogens is 3. The fourth-order valence-corrected chi connectivity index (χ4v) is 2.99. The van der Waals surface area contributed by atoms with Gasteiger partial charge in [-0.3, -0.25) is 4.68 Å². The Balaban J connectivity index is 1.88. The second-order valence-corrected chi connectivity index (χ2v) is 5.91. The summed E-state index contributed by atoms with van der Waals surface area (Å²) in [7, 11) is 0. The molecule has 20 heavy (non-hydrogen) atoms. The van der Waals surface area contributed by atoms with E-state index in [0.717, 1.165) is 43.3 Å². The molecule has 1 N–H and O–H groups in total. The van der Waals surface area contributed by atoms with Gasteiger partial charge in [0.2, 0.25) is 0 Å². The Hall–Kier alpha value is -1.39. The predicted molar refractivity (Wildman–Crippen MR) is 80.0 cm³/mol. The van der Waals surface area contributed by atoms with Crippen molar-refractivity contribution in [2.45, 2.75) is 31.7 Å². The number of hydrogen-bond donors (Lipinski definition) is 1. The van der Waals surface area contributed by atoms with Crippen LogP contribution in [-0.4, -0.2) is 27.9 Å². The first-order valence-corrected chi connectivity index (χ1v) is 7.45. The van der Waals surface area contributed by atoms with Crippen LogP contribution in [0.15, 0.2) is 30.6 Å². The second kappa shape index (κ2) is 5.54. The minimum absolute atomic E-state index is 0.101. The smallest absolute Gasteiger partial charge is 0.138 e. The van der Waals surface area contributed by atoms with Crippen molar-refractivity contribution < 1.29 is 0 Å². The topological polar surface area (TPSA) is 42.7 Å². The van der Waals surface area contributed by atoms with Gasteiger partial charge in [-0.1, -0.05) is 30.7 Å². The summed E-state index contributed by atoms with van der Waals surface area (Å²) in [5.74, 6) is 1.06. The number of benzene rings is 1. The van der Waals surface area contributed by atoms with Crippen molar-refractivity contribution in [3.8, 4) is 0 Å². The zero-order chi connectivity index (χ0) is 14.0. The van der Waals surface area contributed by atoms with E-state index in [0.29, 0.717) is 0 Å². The number of nitrogens with zero attached hydrogens (tertiary/aromatic N) is 3. The van der Waals surface area contributed by atoms with Crippen LogP contribution in [-0.2, 0) is 18.4 Å². The number of halogens is 1. The Morgan fingerprint density at radius 1 is 1.40 bits per heavy atom. The average molecular weight is 291 g/mol. The molecule has 2 heterocycles. The van der Waals surface area contributed by atoms with Gasteiger partial charge in [0.05, 0.1) is 0 Å². The van der Waals surface area contributed by atoms with E-state index in [1.165, 1.54) is 5.56 Å². The molecule has 0 amide bonds. The van der Waals surface area contributed by atoms with Gasteiger partial charge in [0.15, 0.2) is 0 Å². The maximum absolute atomic E-state index is 6.14. The summed E-state index contributed by atoms with van der Waals surface area (Å²) in [6, 6.07) is 8.18. The lowest BCUT2D eigenvalue weighted by Gasteiger charge is -2.43. The average Bonchev–Trinajstić information content (AvgIpc) is 2.81. The Morgan fingerprint density at radius 3 is 2.90 bits per heavy atom. The molecule has 4 nitrogen and oxygen atoms in total. The van der Waals surface area contributed by atoms with Crippen LogP contribution in [0.3, 0.4) is 0 Å². The lowest BCUT2D eigenvalue weighted by molar-refractivity contribution is 0.266. The molecule has 106 valence electrons. The molecule has 2 aromatic rings. The highest BCUT2D eigenvalue weighted by Crippen LogP contribution is 2.33. The molecule has 0 spiro atoms. The molecule has 1 aliphatic heterocycles. The zero-order valence-corrected chi connectivity index (χ0v) is 12.4. The predicted octanol–water partition coefficient (Wildman–Crippen LogP) is 2.43. The summed E-state index contributed by atoms with van der Waals surface area (Å²) in [5.41, 5.74) is 1.39. The molecular formula is C15H19ClN4. The van der Waals surface area contributed by atoms with Crippen LogP contribution in [0.25, 0.3) is 0 Å². The van der Waals surface area contributed by atoms with Crippen molar-refractivity contribution in [3.63, 3.8) is 0 Å². The summed E-state index contributed by atoms with van der Waals surface area (Å²) in [6.45, 7) is 5.01. The van der Waals surface area contributed by atoms with Gasteiger partial charge in [0, 0.05) is 36.5 Å². The zero-order valence-electron chi connectivity index (χ0n) is 11.6. The number of aryl methyl sites for hydroxylation is 1. The molecule has 1 saturated heterocycles. The molecule has 1 fully saturated rings. The molecule has 0 bridgehead atoms. The van der Waals surface area contributed by atoms with Gasteiger partial charge in [0.25, 0.3) is 0 Å². The van der Waals surface area contributed by atoms with E-state index < -0.39 is 0 Å². The highest BCUT2D eigenvalue weighted by Gasteiger charge is 2.40. The molecule has 1 aromatic carbocycles. The number of hydrogen-bond acceptors (Lipinski definition) is 3. The van der Waals surface area contributed by atoms with E-state index >= 15 is 0 Å². The Kier molecular flexibility index (Phi) is 3.76. The lowest BCUT2D eigenvalue weighted by Crippen LogP contribution is -2.58. The van der Waals surface area contributed by atoms with E-state index in [-0.39, 0.29) is 5.41 Å². The summed E-state index contributed by atoms with van der Waals surface area (Å²) in [4.78, 5) is 4.44. The maximum atomic E-state index is 6.14. The van der Waals surface area contributed by atoms with Gasteiger partial charge < -0.3 is 5.32 Å². The highest BCUT2D eigenvalue weighted by atomic mass is 35.5. The second-order valence-electron chi connectivity index (χ2n) is 5.47. The standard InChI is InChI=1S/C15H19ClN4/c1-2-6-20-14(18-11-19-20)8-15(9-17-10-15)12-4-3-5-13(16)7-12/h3-5,7,11,17H,2,6,8-10H2,1H3. The summed E-state index contributed by atoms with van der Waals surface area (Å²) in [6.07, 6.45) is 3.63. The third kappa shape index (κ3) is 2.45. The number of nitrogens with one attached hydrogen (secondary N) is 1. The van der Waals surface area contributed by atoms with Crippen molar-refractivity contribution in [1.82, 2.24) is 20.1 Å². The van der Waals surface area contributed by atoms with Gasteiger partial charge in [-0.05, 0) is 24.1 Å². The first-order valence-electron chi connectivity index (χ1n) is 7.07. The van der Waals surface area contributed by atoms with Gasteiger partial charge in [-0.2, -0.15) is 5.10 Å².